The average Bonchev–Trinajstić information content (AvgIpc) is 2.30. The van der Waals surface area contributed by atoms with Gasteiger partial charge in [0.2, 0.25) is 0 Å². The molecule has 0 radical (unpaired) electrons. The van der Waals surface area contributed by atoms with E-state index >= 15 is 0 Å². The molecule has 0 aliphatic rings. The van der Waals surface area contributed by atoms with E-state index in [0.717, 1.165) is 5.75 Å². The topological polar surface area (TPSA) is 12.0 Å². The summed E-state index contributed by atoms with van der Waals surface area (Å²) in [7, 11) is 0. The Hall–Kier alpha value is -0.730. The highest BCUT2D eigenvalue weighted by atomic mass is 32.2. The summed E-state index contributed by atoms with van der Waals surface area (Å²) >= 11 is 1.88. The van der Waals surface area contributed by atoms with Crippen LogP contribution in [0, 0.1) is 0 Å². The third-order valence-electron chi connectivity index (χ3n) is 2.56. The molecular weight excluding hydrogens is 214 g/mol. The number of benzene rings is 1. The molecule has 16 heavy (non-hydrogen) atoms. The molecule has 0 aliphatic heterocycles. The van der Waals surface area contributed by atoms with Gasteiger partial charge in [-0.05, 0) is 37.3 Å². The molecular formula is C14H21NS. The van der Waals surface area contributed by atoms with Crippen LogP contribution in [-0.2, 0) is 0 Å². The van der Waals surface area contributed by atoms with E-state index in [1.54, 1.807) is 0 Å². The second-order valence-corrected chi connectivity index (χ2v) is 5.25. The Morgan fingerprint density at radius 3 is 2.44 bits per heavy atom. The summed E-state index contributed by atoms with van der Waals surface area (Å²) in [4.78, 5) is 1.34. The van der Waals surface area contributed by atoms with Gasteiger partial charge in [-0.15, -0.1) is 18.3 Å². The van der Waals surface area contributed by atoms with Crippen molar-refractivity contribution in [1.29, 1.82) is 0 Å². The van der Waals surface area contributed by atoms with Crippen molar-refractivity contribution in [3.8, 4) is 0 Å². The van der Waals surface area contributed by atoms with Crippen LogP contribution < -0.4 is 5.32 Å². The zero-order valence-electron chi connectivity index (χ0n) is 10.4. The number of hydrogen-bond acceptors (Lipinski definition) is 2. The standard InChI is InChI=1S/C14H21NS/c1-5-11(3)15-12(4)13-7-9-14(10-8-13)16-6-2/h5,7-12,15H,1,6H2,2-4H3. The molecule has 1 N–H and O–H groups in total. The summed E-state index contributed by atoms with van der Waals surface area (Å²) in [5.41, 5.74) is 1.33. The highest BCUT2D eigenvalue weighted by Crippen LogP contribution is 2.20. The highest BCUT2D eigenvalue weighted by molar-refractivity contribution is 7.99. The smallest absolute Gasteiger partial charge is 0.0297 e. The predicted molar refractivity (Wildman–Crippen MR) is 74.0 cm³/mol. The lowest BCUT2D eigenvalue weighted by Gasteiger charge is -2.17. The largest absolute Gasteiger partial charge is 0.304 e. The van der Waals surface area contributed by atoms with Crippen molar-refractivity contribution >= 4 is 11.8 Å². The van der Waals surface area contributed by atoms with Gasteiger partial charge >= 0.3 is 0 Å². The van der Waals surface area contributed by atoms with Gasteiger partial charge in [-0.1, -0.05) is 25.1 Å². The number of thioether (sulfide) groups is 1. The van der Waals surface area contributed by atoms with Crippen LogP contribution in [0.15, 0.2) is 41.8 Å². The van der Waals surface area contributed by atoms with Crippen molar-refractivity contribution in [2.75, 3.05) is 5.75 Å². The van der Waals surface area contributed by atoms with Crippen molar-refractivity contribution in [2.24, 2.45) is 0 Å². The first kappa shape index (κ1) is 13.3. The molecule has 88 valence electrons. The molecule has 2 heteroatoms. The first-order valence-electron chi connectivity index (χ1n) is 5.78. The maximum atomic E-state index is 3.78. The van der Waals surface area contributed by atoms with Crippen LogP contribution in [0.3, 0.4) is 0 Å². The van der Waals surface area contributed by atoms with Crippen LogP contribution in [0.25, 0.3) is 0 Å². The van der Waals surface area contributed by atoms with Crippen LogP contribution in [-0.4, -0.2) is 11.8 Å². The van der Waals surface area contributed by atoms with Gasteiger partial charge < -0.3 is 5.32 Å². The fourth-order valence-electron chi connectivity index (χ4n) is 1.58. The summed E-state index contributed by atoms with van der Waals surface area (Å²) in [5.74, 6) is 1.13. The van der Waals surface area contributed by atoms with Crippen LogP contribution in [0.5, 0.6) is 0 Å². The predicted octanol–water partition coefficient (Wildman–Crippen LogP) is 4.02. The van der Waals surface area contributed by atoms with Gasteiger partial charge in [-0.3, -0.25) is 0 Å². The lowest BCUT2D eigenvalue weighted by Crippen LogP contribution is -2.26. The number of nitrogens with one attached hydrogen (secondary N) is 1. The normalized spacial score (nSPS) is 14.4. The van der Waals surface area contributed by atoms with E-state index in [4.69, 9.17) is 0 Å². The van der Waals surface area contributed by atoms with E-state index in [2.05, 4.69) is 56.9 Å². The monoisotopic (exact) mass is 235 g/mol. The fraction of sp³-hybridized carbons (Fsp3) is 0.429. The van der Waals surface area contributed by atoms with E-state index in [0.29, 0.717) is 12.1 Å². The average molecular weight is 235 g/mol. The molecule has 0 aromatic heterocycles. The summed E-state index contributed by atoms with van der Waals surface area (Å²) < 4.78 is 0. The molecule has 0 saturated carbocycles. The Labute approximate surface area is 103 Å². The van der Waals surface area contributed by atoms with Crippen LogP contribution in [0.4, 0.5) is 0 Å². The zero-order valence-corrected chi connectivity index (χ0v) is 11.2. The zero-order chi connectivity index (χ0) is 12.0. The molecule has 0 spiro atoms. The van der Waals surface area contributed by atoms with E-state index in [9.17, 15) is 0 Å². The molecule has 1 nitrogen and oxygen atoms in total. The second-order valence-electron chi connectivity index (χ2n) is 3.91. The van der Waals surface area contributed by atoms with Crippen LogP contribution >= 0.6 is 11.8 Å². The molecule has 0 aliphatic carbocycles. The maximum absolute atomic E-state index is 3.78. The van der Waals surface area contributed by atoms with Crippen LogP contribution in [0.1, 0.15) is 32.4 Å². The van der Waals surface area contributed by atoms with Crippen molar-refractivity contribution < 1.29 is 0 Å². The quantitative estimate of drug-likeness (QED) is 0.590. The first-order valence-corrected chi connectivity index (χ1v) is 6.77. The van der Waals surface area contributed by atoms with Gasteiger partial charge in [0.05, 0.1) is 0 Å². The van der Waals surface area contributed by atoms with Gasteiger partial charge in [0.25, 0.3) is 0 Å². The van der Waals surface area contributed by atoms with Crippen molar-refractivity contribution in [3.05, 3.63) is 42.5 Å². The third kappa shape index (κ3) is 4.03. The van der Waals surface area contributed by atoms with E-state index in [1.807, 2.05) is 17.8 Å². The van der Waals surface area contributed by atoms with Gasteiger partial charge in [0.15, 0.2) is 0 Å². The minimum atomic E-state index is 0.347. The Morgan fingerprint density at radius 2 is 1.94 bits per heavy atom. The van der Waals surface area contributed by atoms with Gasteiger partial charge in [0.1, 0.15) is 0 Å². The first-order chi connectivity index (χ1) is 7.67. The van der Waals surface area contributed by atoms with Crippen molar-refractivity contribution in [1.82, 2.24) is 5.32 Å². The third-order valence-corrected chi connectivity index (χ3v) is 3.45. The fourth-order valence-corrected chi connectivity index (χ4v) is 2.24. The van der Waals surface area contributed by atoms with E-state index in [-0.39, 0.29) is 0 Å². The second kappa shape index (κ2) is 6.77. The van der Waals surface area contributed by atoms with E-state index < -0.39 is 0 Å². The molecule has 0 bridgehead atoms. The summed E-state index contributed by atoms with van der Waals surface area (Å²) in [5, 5.41) is 3.47. The Bertz CT molecular complexity index is 318. The lowest BCUT2D eigenvalue weighted by molar-refractivity contribution is 0.537. The van der Waals surface area contributed by atoms with Crippen LogP contribution in [0.2, 0.25) is 0 Å². The maximum Gasteiger partial charge on any atom is 0.0297 e. The van der Waals surface area contributed by atoms with Crippen molar-refractivity contribution in [2.45, 2.75) is 37.8 Å². The molecule has 1 rings (SSSR count). The summed E-state index contributed by atoms with van der Waals surface area (Å²) in [6.07, 6.45) is 1.93. The Balaban J connectivity index is 2.62. The molecule has 2 unspecified atom stereocenters. The lowest BCUT2D eigenvalue weighted by atomic mass is 10.1. The minimum Gasteiger partial charge on any atom is -0.304 e. The number of hydrogen-bond donors (Lipinski definition) is 1. The summed E-state index contributed by atoms with van der Waals surface area (Å²) in [6, 6.07) is 9.51. The molecule has 0 saturated heterocycles. The highest BCUT2D eigenvalue weighted by Gasteiger charge is 2.06. The molecule has 0 heterocycles. The Kier molecular flexibility index (Phi) is 5.64. The Morgan fingerprint density at radius 1 is 1.31 bits per heavy atom. The van der Waals surface area contributed by atoms with Gasteiger partial charge in [0, 0.05) is 17.0 Å². The number of rotatable bonds is 6. The molecule has 1 aromatic rings. The molecule has 2 atom stereocenters. The molecule has 0 amide bonds. The summed E-state index contributed by atoms with van der Waals surface area (Å²) in [6.45, 7) is 10.3. The van der Waals surface area contributed by atoms with Gasteiger partial charge in [-0.2, -0.15) is 0 Å². The molecule has 0 fully saturated rings. The van der Waals surface area contributed by atoms with Crippen molar-refractivity contribution in [3.63, 3.8) is 0 Å². The SMILES string of the molecule is C=CC(C)NC(C)c1ccc(SCC)cc1. The molecule has 1 aromatic carbocycles. The minimum absolute atomic E-state index is 0.347. The van der Waals surface area contributed by atoms with Gasteiger partial charge in [-0.25, -0.2) is 0 Å². The van der Waals surface area contributed by atoms with E-state index in [1.165, 1.54) is 10.5 Å².